The summed E-state index contributed by atoms with van der Waals surface area (Å²) in [6, 6.07) is 18.3. The fourth-order valence-electron chi connectivity index (χ4n) is 4.90. The number of fused-ring (bicyclic) bond motifs is 1. The molecule has 4 rings (SSSR count). The number of benzene rings is 2. The Morgan fingerprint density at radius 2 is 1.76 bits per heavy atom. The Morgan fingerprint density at radius 1 is 1.03 bits per heavy atom. The van der Waals surface area contributed by atoms with Crippen LogP contribution in [0.3, 0.4) is 0 Å². The molecular weight excluding hydrogens is 412 g/mol. The van der Waals surface area contributed by atoms with Crippen molar-refractivity contribution in [1.82, 2.24) is 19.7 Å². The first-order valence-corrected chi connectivity index (χ1v) is 11.7. The summed E-state index contributed by atoms with van der Waals surface area (Å²) in [5.41, 5.74) is 3.02. The molecule has 0 bridgehead atoms. The fraction of sp³-hybridized carbons (Fsp3) is 0.407. The van der Waals surface area contributed by atoms with Crippen molar-refractivity contribution in [3.05, 3.63) is 71.9 Å². The molecule has 6 nitrogen and oxygen atoms in total. The van der Waals surface area contributed by atoms with Gasteiger partial charge >= 0.3 is 0 Å². The zero-order valence-corrected chi connectivity index (χ0v) is 19.8. The van der Waals surface area contributed by atoms with Gasteiger partial charge in [0.2, 0.25) is 5.91 Å². The van der Waals surface area contributed by atoms with Crippen molar-refractivity contribution >= 4 is 22.7 Å². The van der Waals surface area contributed by atoms with Crippen LogP contribution in [0.15, 0.2) is 60.8 Å². The molecule has 1 atom stereocenters. The van der Waals surface area contributed by atoms with Crippen LogP contribution in [0.4, 0.5) is 0 Å². The number of aromatic amines is 1. The minimum Gasteiger partial charge on any atom is -0.361 e. The summed E-state index contributed by atoms with van der Waals surface area (Å²) in [5, 5.41) is 1.06. The van der Waals surface area contributed by atoms with Gasteiger partial charge in [-0.15, -0.1) is 0 Å². The van der Waals surface area contributed by atoms with Crippen molar-refractivity contribution in [1.29, 1.82) is 0 Å². The zero-order chi connectivity index (χ0) is 23.4. The molecule has 1 N–H and O–H groups in total. The average Bonchev–Trinajstić information content (AvgIpc) is 3.30. The number of carbonyl (C=O) groups is 2. The van der Waals surface area contributed by atoms with Crippen molar-refractivity contribution in [2.24, 2.45) is 5.92 Å². The number of likely N-dealkylation sites (N-methyl/N-ethyl adjacent to an activating group) is 2. The van der Waals surface area contributed by atoms with Gasteiger partial charge in [-0.25, -0.2) is 0 Å². The number of nitrogens with one attached hydrogen (secondary N) is 1. The number of hydrogen-bond donors (Lipinski definition) is 1. The normalized spacial score (nSPS) is 15.7. The minimum absolute atomic E-state index is 0.0909. The fourth-order valence-corrected chi connectivity index (χ4v) is 4.90. The third kappa shape index (κ3) is 5.45. The molecule has 6 heteroatoms. The highest BCUT2D eigenvalue weighted by Crippen LogP contribution is 2.28. The molecule has 1 aromatic heterocycles. The van der Waals surface area contributed by atoms with Gasteiger partial charge in [0.15, 0.2) is 0 Å². The second kappa shape index (κ2) is 10.2. The molecule has 1 aliphatic rings. The molecule has 174 valence electrons. The molecule has 0 spiro atoms. The lowest BCUT2D eigenvalue weighted by Gasteiger charge is -2.40. The smallest absolute Gasteiger partial charge is 0.253 e. The summed E-state index contributed by atoms with van der Waals surface area (Å²) in [5.74, 6) is 0.588. The van der Waals surface area contributed by atoms with E-state index in [9.17, 15) is 9.59 Å². The van der Waals surface area contributed by atoms with E-state index >= 15 is 0 Å². The maximum Gasteiger partial charge on any atom is 0.253 e. The lowest BCUT2D eigenvalue weighted by Crippen LogP contribution is -2.50. The monoisotopic (exact) mass is 446 g/mol. The van der Waals surface area contributed by atoms with E-state index in [2.05, 4.69) is 29.2 Å². The van der Waals surface area contributed by atoms with Crippen LogP contribution in [0.25, 0.3) is 10.9 Å². The first-order valence-electron chi connectivity index (χ1n) is 11.7. The van der Waals surface area contributed by atoms with Gasteiger partial charge in [-0.1, -0.05) is 30.3 Å². The van der Waals surface area contributed by atoms with Crippen LogP contribution in [-0.2, 0) is 11.2 Å². The van der Waals surface area contributed by atoms with Gasteiger partial charge in [0, 0.05) is 48.8 Å². The standard InChI is InChI=1S/C27H34N4O2/c1-29(2)19-26(32)30(3)25(17-20-7-5-4-6-8-20)21-12-15-31(16-13-21)27(33)23-9-10-24-22(18-23)11-14-28-24/h4-11,14,18,21,25,28H,12-13,15-17,19H2,1-3H3/t25-/m1/s1. The third-order valence-corrected chi connectivity index (χ3v) is 6.80. The number of piperidine rings is 1. The summed E-state index contributed by atoms with van der Waals surface area (Å²) in [6.45, 7) is 1.84. The first-order chi connectivity index (χ1) is 15.9. The molecule has 3 aromatic rings. The maximum absolute atomic E-state index is 13.1. The summed E-state index contributed by atoms with van der Waals surface area (Å²) in [6.07, 6.45) is 4.52. The van der Waals surface area contributed by atoms with Crippen LogP contribution in [0.5, 0.6) is 0 Å². The third-order valence-electron chi connectivity index (χ3n) is 6.80. The van der Waals surface area contributed by atoms with Crippen LogP contribution in [-0.4, -0.2) is 78.3 Å². The van der Waals surface area contributed by atoms with E-state index in [0.29, 0.717) is 12.5 Å². The molecular formula is C27H34N4O2. The SMILES string of the molecule is CN(C)CC(=O)N(C)[C@H](Cc1ccccc1)C1CCN(C(=O)c2ccc3[nH]ccc3c2)CC1. The van der Waals surface area contributed by atoms with E-state index < -0.39 is 0 Å². The first kappa shape index (κ1) is 23.1. The van der Waals surface area contributed by atoms with E-state index in [0.717, 1.165) is 48.8 Å². The van der Waals surface area contributed by atoms with Gasteiger partial charge in [-0.2, -0.15) is 0 Å². The Hall–Kier alpha value is -3.12. The number of aromatic nitrogens is 1. The molecule has 33 heavy (non-hydrogen) atoms. The maximum atomic E-state index is 13.1. The van der Waals surface area contributed by atoms with Gasteiger partial charge in [-0.05, 0) is 69.1 Å². The summed E-state index contributed by atoms with van der Waals surface area (Å²) in [4.78, 5) is 35.0. The average molecular weight is 447 g/mol. The van der Waals surface area contributed by atoms with Gasteiger partial charge < -0.3 is 19.7 Å². The van der Waals surface area contributed by atoms with Crippen molar-refractivity contribution < 1.29 is 9.59 Å². The number of amides is 2. The highest BCUT2D eigenvalue weighted by atomic mass is 16.2. The van der Waals surface area contributed by atoms with Crippen LogP contribution in [0.2, 0.25) is 0 Å². The summed E-state index contributed by atoms with van der Waals surface area (Å²) >= 11 is 0. The molecule has 0 saturated carbocycles. The Kier molecular flexibility index (Phi) is 7.14. The quantitative estimate of drug-likeness (QED) is 0.603. The predicted molar refractivity (Wildman–Crippen MR) is 132 cm³/mol. The number of carbonyl (C=O) groups excluding carboxylic acids is 2. The lowest BCUT2D eigenvalue weighted by molar-refractivity contribution is -0.134. The molecule has 1 saturated heterocycles. The van der Waals surface area contributed by atoms with Crippen molar-refractivity contribution in [3.63, 3.8) is 0 Å². The summed E-state index contributed by atoms with van der Waals surface area (Å²) < 4.78 is 0. The van der Waals surface area contributed by atoms with E-state index in [-0.39, 0.29) is 17.9 Å². The number of likely N-dealkylation sites (tertiary alicyclic amines) is 1. The van der Waals surface area contributed by atoms with Gasteiger partial charge in [0.25, 0.3) is 5.91 Å². The Bertz CT molecular complexity index is 1080. The zero-order valence-electron chi connectivity index (χ0n) is 19.8. The van der Waals surface area contributed by atoms with Crippen LogP contribution in [0, 0.1) is 5.92 Å². The molecule has 1 aliphatic heterocycles. The number of rotatable bonds is 7. The van der Waals surface area contributed by atoms with Gasteiger partial charge in [0.05, 0.1) is 6.54 Å². The van der Waals surface area contributed by atoms with Crippen molar-refractivity contribution in [2.45, 2.75) is 25.3 Å². The summed E-state index contributed by atoms with van der Waals surface area (Å²) in [7, 11) is 5.78. The predicted octanol–water partition coefficient (Wildman–Crippen LogP) is 3.65. The van der Waals surface area contributed by atoms with E-state index in [1.165, 1.54) is 5.56 Å². The molecule has 0 aliphatic carbocycles. The van der Waals surface area contributed by atoms with Crippen molar-refractivity contribution in [2.75, 3.05) is 40.8 Å². The Balaban J connectivity index is 1.45. The van der Waals surface area contributed by atoms with Crippen molar-refractivity contribution in [3.8, 4) is 0 Å². The second-order valence-corrected chi connectivity index (χ2v) is 9.41. The van der Waals surface area contributed by atoms with Gasteiger partial charge in [-0.3, -0.25) is 9.59 Å². The minimum atomic E-state index is 0.0909. The second-order valence-electron chi connectivity index (χ2n) is 9.41. The van der Waals surface area contributed by atoms with Gasteiger partial charge in [0.1, 0.15) is 0 Å². The highest BCUT2D eigenvalue weighted by molar-refractivity contribution is 5.98. The molecule has 2 aromatic carbocycles. The van der Waals surface area contributed by atoms with E-state index in [1.54, 1.807) is 0 Å². The van der Waals surface area contributed by atoms with Crippen LogP contribution in [0.1, 0.15) is 28.8 Å². The molecule has 2 heterocycles. The number of nitrogens with zero attached hydrogens (tertiary/aromatic N) is 3. The Labute approximate surface area is 196 Å². The van der Waals surface area contributed by atoms with Crippen LogP contribution >= 0.6 is 0 Å². The number of H-pyrrole nitrogens is 1. The Morgan fingerprint density at radius 3 is 2.45 bits per heavy atom. The lowest BCUT2D eigenvalue weighted by atomic mass is 9.84. The molecule has 0 unspecified atom stereocenters. The van der Waals surface area contributed by atoms with E-state index in [1.807, 2.05) is 72.4 Å². The molecule has 0 radical (unpaired) electrons. The van der Waals surface area contributed by atoms with Crippen LogP contribution < -0.4 is 0 Å². The van der Waals surface area contributed by atoms with E-state index in [4.69, 9.17) is 0 Å². The largest absolute Gasteiger partial charge is 0.361 e. The number of hydrogen-bond acceptors (Lipinski definition) is 3. The topological polar surface area (TPSA) is 59.7 Å². The highest BCUT2D eigenvalue weighted by Gasteiger charge is 2.33. The molecule has 2 amide bonds. The molecule has 1 fully saturated rings.